The second-order valence-corrected chi connectivity index (χ2v) is 4.72. The SMILES string of the molecule is CCC(C)SCc1cccc(NC)n1. The number of pyridine rings is 1. The third kappa shape index (κ3) is 3.58. The Morgan fingerprint density at radius 2 is 2.29 bits per heavy atom. The molecule has 78 valence electrons. The second-order valence-electron chi connectivity index (χ2n) is 3.29. The van der Waals surface area contributed by atoms with Gasteiger partial charge in [-0.3, -0.25) is 0 Å². The lowest BCUT2D eigenvalue weighted by Gasteiger charge is -2.08. The van der Waals surface area contributed by atoms with Crippen molar-refractivity contribution in [1.82, 2.24) is 4.98 Å². The highest BCUT2D eigenvalue weighted by atomic mass is 32.2. The molecule has 0 radical (unpaired) electrons. The summed E-state index contributed by atoms with van der Waals surface area (Å²) >= 11 is 1.96. The zero-order valence-corrected chi connectivity index (χ0v) is 9.90. The topological polar surface area (TPSA) is 24.9 Å². The molecule has 1 heterocycles. The molecule has 1 aromatic rings. The molecule has 0 saturated heterocycles. The van der Waals surface area contributed by atoms with E-state index in [0.717, 1.165) is 22.5 Å². The van der Waals surface area contributed by atoms with Crippen LogP contribution in [-0.4, -0.2) is 17.3 Å². The molecule has 1 unspecified atom stereocenters. The molecular formula is C11H18N2S. The monoisotopic (exact) mass is 210 g/mol. The first-order valence-electron chi connectivity index (χ1n) is 5.01. The Hall–Kier alpha value is -0.700. The van der Waals surface area contributed by atoms with E-state index >= 15 is 0 Å². The van der Waals surface area contributed by atoms with Gasteiger partial charge in [-0.25, -0.2) is 4.98 Å². The first-order chi connectivity index (χ1) is 6.76. The number of nitrogens with one attached hydrogen (secondary N) is 1. The normalized spacial score (nSPS) is 12.5. The molecule has 1 rings (SSSR count). The average Bonchev–Trinajstić information content (AvgIpc) is 2.26. The van der Waals surface area contributed by atoms with Crippen LogP contribution in [-0.2, 0) is 5.75 Å². The highest BCUT2D eigenvalue weighted by Gasteiger charge is 2.01. The predicted octanol–water partition coefficient (Wildman–Crippen LogP) is 3.16. The molecule has 0 aliphatic rings. The van der Waals surface area contributed by atoms with E-state index in [1.54, 1.807) is 0 Å². The van der Waals surface area contributed by atoms with Gasteiger partial charge in [0.1, 0.15) is 5.82 Å². The summed E-state index contributed by atoms with van der Waals surface area (Å²) in [4.78, 5) is 4.47. The van der Waals surface area contributed by atoms with Gasteiger partial charge in [0.25, 0.3) is 0 Å². The summed E-state index contributed by atoms with van der Waals surface area (Å²) in [5.74, 6) is 1.96. The van der Waals surface area contributed by atoms with Crippen LogP contribution in [0.15, 0.2) is 18.2 Å². The van der Waals surface area contributed by atoms with Crippen LogP contribution in [0.2, 0.25) is 0 Å². The summed E-state index contributed by atoms with van der Waals surface area (Å²) < 4.78 is 0. The zero-order chi connectivity index (χ0) is 10.4. The maximum absolute atomic E-state index is 4.47. The van der Waals surface area contributed by atoms with Gasteiger partial charge >= 0.3 is 0 Å². The van der Waals surface area contributed by atoms with Gasteiger partial charge in [-0.15, -0.1) is 0 Å². The first kappa shape index (κ1) is 11.4. The Morgan fingerprint density at radius 1 is 1.50 bits per heavy atom. The molecule has 0 amide bonds. The van der Waals surface area contributed by atoms with Crippen molar-refractivity contribution < 1.29 is 0 Å². The van der Waals surface area contributed by atoms with Crippen molar-refractivity contribution in [2.75, 3.05) is 12.4 Å². The summed E-state index contributed by atoms with van der Waals surface area (Å²) in [5.41, 5.74) is 1.15. The molecule has 1 atom stereocenters. The predicted molar refractivity (Wildman–Crippen MR) is 64.8 cm³/mol. The minimum atomic E-state index is 0.718. The van der Waals surface area contributed by atoms with E-state index in [1.165, 1.54) is 6.42 Å². The fraction of sp³-hybridized carbons (Fsp3) is 0.545. The smallest absolute Gasteiger partial charge is 0.125 e. The van der Waals surface area contributed by atoms with E-state index in [-0.39, 0.29) is 0 Å². The fourth-order valence-corrected chi connectivity index (χ4v) is 1.90. The summed E-state index contributed by atoms with van der Waals surface area (Å²) in [7, 11) is 1.90. The Kier molecular flexibility index (Phi) is 4.80. The Balaban J connectivity index is 2.50. The van der Waals surface area contributed by atoms with Crippen LogP contribution in [0.4, 0.5) is 5.82 Å². The van der Waals surface area contributed by atoms with Crippen LogP contribution in [0, 0.1) is 0 Å². The molecule has 0 saturated carbocycles. The van der Waals surface area contributed by atoms with Crippen LogP contribution in [0.3, 0.4) is 0 Å². The van der Waals surface area contributed by atoms with Crippen LogP contribution < -0.4 is 5.32 Å². The average molecular weight is 210 g/mol. The lowest BCUT2D eigenvalue weighted by atomic mass is 10.4. The van der Waals surface area contributed by atoms with Gasteiger partial charge in [0.2, 0.25) is 0 Å². The molecule has 1 aromatic heterocycles. The van der Waals surface area contributed by atoms with Crippen LogP contribution in [0.5, 0.6) is 0 Å². The highest BCUT2D eigenvalue weighted by molar-refractivity contribution is 7.99. The third-order valence-corrected chi connectivity index (χ3v) is 3.52. The minimum Gasteiger partial charge on any atom is -0.373 e. The standard InChI is InChI=1S/C11H18N2S/c1-4-9(2)14-8-10-6-5-7-11(12-3)13-10/h5-7,9H,4,8H2,1-3H3,(H,12,13). The number of aromatic nitrogens is 1. The lowest BCUT2D eigenvalue weighted by Crippen LogP contribution is -1.98. The number of hydrogen-bond acceptors (Lipinski definition) is 3. The van der Waals surface area contributed by atoms with Crippen molar-refractivity contribution in [1.29, 1.82) is 0 Å². The maximum atomic E-state index is 4.47. The first-order valence-corrected chi connectivity index (χ1v) is 6.06. The summed E-state index contributed by atoms with van der Waals surface area (Å²) in [6, 6.07) is 6.11. The largest absolute Gasteiger partial charge is 0.373 e. The Labute approximate surface area is 90.5 Å². The summed E-state index contributed by atoms with van der Waals surface area (Å²) in [6.45, 7) is 4.47. The van der Waals surface area contributed by atoms with Gasteiger partial charge in [0.15, 0.2) is 0 Å². The van der Waals surface area contributed by atoms with E-state index in [4.69, 9.17) is 0 Å². The minimum absolute atomic E-state index is 0.718. The van der Waals surface area contributed by atoms with Crippen molar-refractivity contribution in [3.05, 3.63) is 23.9 Å². The number of hydrogen-bond donors (Lipinski definition) is 1. The van der Waals surface area contributed by atoms with Crippen molar-refractivity contribution in [3.8, 4) is 0 Å². The van der Waals surface area contributed by atoms with E-state index < -0.39 is 0 Å². The molecule has 0 fully saturated rings. The molecule has 0 aromatic carbocycles. The molecule has 3 heteroatoms. The molecule has 0 spiro atoms. The van der Waals surface area contributed by atoms with Crippen LogP contribution in [0.1, 0.15) is 26.0 Å². The number of nitrogens with zero attached hydrogens (tertiary/aromatic N) is 1. The van der Waals surface area contributed by atoms with Crippen molar-refractivity contribution in [2.45, 2.75) is 31.3 Å². The molecule has 0 aliphatic carbocycles. The summed E-state index contributed by atoms with van der Waals surface area (Å²) in [6.07, 6.45) is 1.22. The van der Waals surface area contributed by atoms with Gasteiger partial charge in [-0.1, -0.05) is 19.9 Å². The van der Waals surface area contributed by atoms with E-state index in [0.29, 0.717) is 0 Å². The van der Waals surface area contributed by atoms with Gasteiger partial charge in [0.05, 0.1) is 5.69 Å². The number of anilines is 1. The van der Waals surface area contributed by atoms with Crippen LogP contribution >= 0.6 is 11.8 Å². The van der Waals surface area contributed by atoms with E-state index in [1.807, 2.05) is 30.9 Å². The molecule has 0 bridgehead atoms. The van der Waals surface area contributed by atoms with Gasteiger partial charge in [0, 0.05) is 18.1 Å². The molecule has 2 nitrogen and oxygen atoms in total. The van der Waals surface area contributed by atoms with Crippen molar-refractivity contribution >= 4 is 17.6 Å². The Morgan fingerprint density at radius 3 is 2.93 bits per heavy atom. The second kappa shape index (κ2) is 5.91. The Bertz CT molecular complexity index is 276. The fourth-order valence-electron chi connectivity index (χ4n) is 1.04. The summed E-state index contributed by atoms with van der Waals surface area (Å²) in [5, 5.41) is 3.77. The van der Waals surface area contributed by atoms with Crippen LogP contribution in [0.25, 0.3) is 0 Å². The quantitative estimate of drug-likeness (QED) is 0.808. The van der Waals surface area contributed by atoms with Crippen molar-refractivity contribution in [2.24, 2.45) is 0 Å². The van der Waals surface area contributed by atoms with Gasteiger partial charge in [-0.05, 0) is 18.6 Å². The maximum Gasteiger partial charge on any atom is 0.125 e. The molecule has 0 aliphatic heterocycles. The highest BCUT2D eigenvalue weighted by Crippen LogP contribution is 2.19. The number of thioether (sulfide) groups is 1. The lowest BCUT2D eigenvalue weighted by molar-refractivity contribution is 0.904. The zero-order valence-electron chi connectivity index (χ0n) is 9.08. The molecule has 1 N–H and O–H groups in total. The molecule has 14 heavy (non-hydrogen) atoms. The third-order valence-electron chi connectivity index (χ3n) is 2.15. The van der Waals surface area contributed by atoms with E-state index in [9.17, 15) is 0 Å². The molecular weight excluding hydrogens is 192 g/mol. The van der Waals surface area contributed by atoms with E-state index in [2.05, 4.69) is 30.2 Å². The van der Waals surface area contributed by atoms with Gasteiger partial charge in [-0.2, -0.15) is 11.8 Å². The van der Waals surface area contributed by atoms with Crippen molar-refractivity contribution in [3.63, 3.8) is 0 Å². The van der Waals surface area contributed by atoms with Gasteiger partial charge < -0.3 is 5.32 Å². The number of rotatable bonds is 5.